The highest BCUT2D eigenvalue weighted by Crippen LogP contribution is 2.23. The molecule has 0 saturated heterocycles. The summed E-state index contributed by atoms with van der Waals surface area (Å²) in [6.07, 6.45) is -0.335. The van der Waals surface area contributed by atoms with E-state index in [0.29, 0.717) is 6.42 Å². The first kappa shape index (κ1) is 16.0. The largest absolute Gasteiger partial charge is 0.479 e. The third kappa shape index (κ3) is 5.92. The predicted molar refractivity (Wildman–Crippen MR) is 66.4 cm³/mol. The number of hydrogen-bond acceptors (Lipinski definition) is 2. The Morgan fingerprint density at radius 1 is 1.25 bits per heavy atom. The number of carbonyl (C=O) groups is 1. The van der Waals surface area contributed by atoms with Crippen molar-refractivity contribution in [3.05, 3.63) is 0 Å². The summed E-state index contributed by atoms with van der Waals surface area (Å²) in [5.41, 5.74) is 0. The molecule has 0 bridgehead atoms. The zero-order valence-electron chi connectivity index (χ0n) is 10.1. The maximum atomic E-state index is 10.6. The Bertz CT molecular complexity index is 221. The molecule has 0 aromatic heterocycles. The number of ether oxygens (including phenoxy) is 1. The van der Waals surface area contributed by atoms with Gasteiger partial charge in [-0.2, -0.15) is 0 Å². The van der Waals surface area contributed by atoms with Crippen LogP contribution in [0.2, 0.25) is 0 Å². The molecule has 5 heteroatoms. The molecule has 0 heterocycles. The van der Waals surface area contributed by atoms with Crippen molar-refractivity contribution in [2.75, 3.05) is 0 Å². The Morgan fingerprint density at radius 3 is 2.12 bits per heavy atom. The average Bonchev–Trinajstić information content (AvgIpc) is 2.14. The van der Waals surface area contributed by atoms with Crippen molar-refractivity contribution in [1.82, 2.24) is 0 Å². The van der Waals surface area contributed by atoms with E-state index in [0.717, 1.165) is 0 Å². The molecule has 0 amide bonds. The minimum absolute atomic E-state index is 0.00838. The molecule has 0 radical (unpaired) electrons. The van der Waals surface area contributed by atoms with Crippen LogP contribution in [-0.4, -0.2) is 34.0 Å². The number of rotatable bonds is 7. The predicted octanol–water partition coefficient (Wildman–Crippen LogP) is 3.13. The Kier molecular flexibility index (Phi) is 7.36. The van der Waals surface area contributed by atoms with Gasteiger partial charge in [0.05, 0.1) is 6.10 Å². The third-order valence-electron chi connectivity index (χ3n) is 2.63. The van der Waals surface area contributed by atoms with Gasteiger partial charge in [0.1, 0.15) is 0 Å². The van der Waals surface area contributed by atoms with Gasteiger partial charge in [-0.05, 0) is 33.1 Å². The summed E-state index contributed by atoms with van der Waals surface area (Å²) in [4.78, 5) is 10.6. The summed E-state index contributed by atoms with van der Waals surface area (Å²) in [5, 5.41) is 8.62. The zero-order valence-corrected chi connectivity index (χ0v) is 11.6. The normalized spacial score (nSPS) is 20.9. The first-order valence-electron chi connectivity index (χ1n) is 5.42. The van der Waals surface area contributed by atoms with Gasteiger partial charge in [0.25, 0.3) is 0 Å². The van der Waals surface area contributed by atoms with Crippen LogP contribution in [0.25, 0.3) is 0 Å². The second kappa shape index (κ2) is 7.36. The van der Waals surface area contributed by atoms with Gasteiger partial charge in [-0.1, -0.05) is 6.92 Å². The van der Waals surface area contributed by atoms with Crippen LogP contribution in [0.4, 0.5) is 0 Å². The fourth-order valence-corrected chi connectivity index (χ4v) is 2.08. The highest BCUT2D eigenvalue weighted by molar-refractivity contribution is 6.23. The fraction of sp³-hybridized carbons (Fsp3) is 0.909. The quantitative estimate of drug-likeness (QED) is 0.723. The van der Waals surface area contributed by atoms with Crippen molar-refractivity contribution in [3.63, 3.8) is 0 Å². The van der Waals surface area contributed by atoms with Crippen LogP contribution in [0.3, 0.4) is 0 Å². The van der Waals surface area contributed by atoms with Gasteiger partial charge in [-0.15, -0.1) is 23.2 Å². The monoisotopic (exact) mass is 270 g/mol. The molecule has 96 valence electrons. The second-order valence-corrected chi connectivity index (χ2v) is 5.52. The lowest BCUT2D eigenvalue weighted by molar-refractivity contribution is -0.153. The molecule has 16 heavy (non-hydrogen) atoms. The van der Waals surface area contributed by atoms with Crippen molar-refractivity contribution in [2.45, 2.75) is 57.1 Å². The first-order chi connectivity index (χ1) is 7.25. The van der Waals surface area contributed by atoms with E-state index in [-0.39, 0.29) is 22.8 Å². The summed E-state index contributed by atoms with van der Waals surface area (Å²) in [6.45, 7) is 7.17. The SMILES string of the molecule is CC(Cl)CC(Cl)C(C)C(C)OC(C)C(=O)O. The molecule has 1 N–H and O–H groups in total. The minimum atomic E-state index is -0.962. The molecule has 0 saturated carbocycles. The summed E-state index contributed by atoms with van der Waals surface area (Å²) in [7, 11) is 0. The molecular weight excluding hydrogens is 251 g/mol. The topological polar surface area (TPSA) is 46.5 Å². The highest BCUT2D eigenvalue weighted by atomic mass is 35.5. The van der Waals surface area contributed by atoms with Crippen molar-refractivity contribution in [2.24, 2.45) is 5.92 Å². The standard InChI is InChI=1S/C11H20Cl2O3/c1-6(12)5-10(13)7(2)8(3)16-9(4)11(14)15/h6-10H,5H2,1-4H3,(H,14,15). The van der Waals surface area contributed by atoms with Crippen molar-refractivity contribution in [3.8, 4) is 0 Å². The van der Waals surface area contributed by atoms with Crippen LogP contribution in [0.1, 0.15) is 34.1 Å². The van der Waals surface area contributed by atoms with Crippen LogP contribution in [-0.2, 0) is 9.53 Å². The van der Waals surface area contributed by atoms with Gasteiger partial charge in [-0.25, -0.2) is 4.79 Å². The van der Waals surface area contributed by atoms with Crippen LogP contribution in [0.5, 0.6) is 0 Å². The summed E-state index contributed by atoms with van der Waals surface area (Å²) >= 11 is 12.0. The van der Waals surface area contributed by atoms with E-state index in [9.17, 15) is 4.79 Å². The van der Waals surface area contributed by atoms with Crippen LogP contribution >= 0.6 is 23.2 Å². The number of halogens is 2. The number of alkyl halides is 2. The molecule has 0 spiro atoms. The molecule has 5 atom stereocenters. The van der Waals surface area contributed by atoms with Gasteiger partial charge >= 0.3 is 5.97 Å². The fourth-order valence-electron chi connectivity index (χ4n) is 1.32. The van der Waals surface area contributed by atoms with Crippen LogP contribution in [0, 0.1) is 5.92 Å². The van der Waals surface area contributed by atoms with E-state index in [1.54, 1.807) is 0 Å². The van der Waals surface area contributed by atoms with E-state index in [4.69, 9.17) is 33.0 Å². The molecule has 3 nitrogen and oxygen atoms in total. The Balaban J connectivity index is 4.16. The molecule has 0 aliphatic rings. The minimum Gasteiger partial charge on any atom is -0.479 e. The smallest absolute Gasteiger partial charge is 0.332 e. The molecule has 0 rings (SSSR count). The maximum absolute atomic E-state index is 10.6. The Morgan fingerprint density at radius 2 is 1.75 bits per heavy atom. The van der Waals surface area contributed by atoms with E-state index in [1.807, 2.05) is 20.8 Å². The van der Waals surface area contributed by atoms with E-state index in [1.165, 1.54) is 6.92 Å². The van der Waals surface area contributed by atoms with E-state index in [2.05, 4.69) is 0 Å². The van der Waals surface area contributed by atoms with E-state index >= 15 is 0 Å². The van der Waals surface area contributed by atoms with Crippen molar-refractivity contribution >= 4 is 29.2 Å². The molecule has 5 unspecified atom stereocenters. The summed E-state index contributed by atoms with van der Waals surface area (Å²) in [6, 6.07) is 0. The molecule has 0 aromatic rings. The zero-order chi connectivity index (χ0) is 12.9. The second-order valence-electron chi connectivity index (χ2n) is 4.21. The lowest BCUT2D eigenvalue weighted by Gasteiger charge is -2.26. The van der Waals surface area contributed by atoms with Crippen molar-refractivity contribution in [1.29, 1.82) is 0 Å². The Labute approximate surface area is 107 Å². The number of carboxylic acids is 1. The molecule has 0 fully saturated rings. The lowest BCUT2D eigenvalue weighted by Crippen LogP contribution is -2.33. The molecular formula is C11H20Cl2O3. The molecule has 0 aliphatic carbocycles. The lowest BCUT2D eigenvalue weighted by atomic mass is 9.98. The van der Waals surface area contributed by atoms with Crippen molar-refractivity contribution < 1.29 is 14.6 Å². The van der Waals surface area contributed by atoms with E-state index < -0.39 is 12.1 Å². The third-order valence-corrected chi connectivity index (χ3v) is 3.38. The molecule has 0 aliphatic heterocycles. The van der Waals surface area contributed by atoms with Gasteiger partial charge in [0, 0.05) is 10.8 Å². The Hall–Kier alpha value is 0.01000. The average molecular weight is 271 g/mol. The number of aliphatic carboxylic acids is 1. The van der Waals surface area contributed by atoms with Crippen LogP contribution < -0.4 is 0 Å². The summed E-state index contributed by atoms with van der Waals surface area (Å²) in [5.74, 6) is -0.902. The van der Waals surface area contributed by atoms with Gasteiger partial charge < -0.3 is 9.84 Å². The maximum Gasteiger partial charge on any atom is 0.332 e. The first-order valence-corrected chi connectivity index (χ1v) is 6.29. The molecule has 0 aromatic carbocycles. The number of hydrogen-bond donors (Lipinski definition) is 1. The van der Waals surface area contributed by atoms with Gasteiger partial charge in [0.15, 0.2) is 6.10 Å². The van der Waals surface area contributed by atoms with Gasteiger partial charge in [-0.3, -0.25) is 0 Å². The van der Waals surface area contributed by atoms with Gasteiger partial charge in [0.2, 0.25) is 0 Å². The highest BCUT2D eigenvalue weighted by Gasteiger charge is 2.25. The number of carboxylic acid groups (broad SMARTS) is 1. The van der Waals surface area contributed by atoms with Crippen LogP contribution in [0.15, 0.2) is 0 Å². The summed E-state index contributed by atoms with van der Waals surface area (Å²) < 4.78 is 5.35.